The highest BCUT2D eigenvalue weighted by molar-refractivity contribution is 8.00. The van der Waals surface area contributed by atoms with Gasteiger partial charge in [-0.05, 0) is 29.8 Å². The Labute approximate surface area is 156 Å². The van der Waals surface area contributed by atoms with Crippen molar-refractivity contribution in [3.63, 3.8) is 0 Å². The lowest BCUT2D eigenvalue weighted by molar-refractivity contribution is -0.115. The molecule has 4 N–H and O–H groups in total. The van der Waals surface area contributed by atoms with E-state index in [1.807, 2.05) is 17.5 Å². The smallest absolute Gasteiger partial charge is 0.251 e. The topological polar surface area (TPSA) is 114 Å². The number of hydrogen-bond acceptors (Lipinski definition) is 7. The zero-order chi connectivity index (χ0) is 17.8. The Hall–Kier alpha value is -2.17. The minimum absolute atomic E-state index is 0.237. The maximum absolute atomic E-state index is 12.3. The number of rotatable bonds is 7. The maximum atomic E-state index is 12.3. The molecule has 130 valence electrons. The van der Waals surface area contributed by atoms with Crippen LogP contribution in [0.3, 0.4) is 0 Å². The van der Waals surface area contributed by atoms with Crippen LogP contribution in [0.1, 0.15) is 28.0 Å². The summed E-state index contributed by atoms with van der Waals surface area (Å²) >= 11 is 4.16. The van der Waals surface area contributed by atoms with Crippen LogP contribution >= 0.6 is 34.4 Å². The van der Waals surface area contributed by atoms with Gasteiger partial charge in [-0.15, -0.1) is 27.8 Å². The molecule has 0 saturated heterocycles. The van der Waals surface area contributed by atoms with Gasteiger partial charge >= 0.3 is 0 Å². The van der Waals surface area contributed by atoms with E-state index in [4.69, 9.17) is 5.73 Å². The number of nitrogens with zero attached hydrogens (tertiary/aromatic N) is 2. The number of amides is 2. The van der Waals surface area contributed by atoms with Crippen molar-refractivity contribution < 1.29 is 9.59 Å². The summed E-state index contributed by atoms with van der Waals surface area (Å²) in [5, 5.41) is 14.0. The second kappa shape index (κ2) is 7.81. The molecule has 0 aliphatic rings. The van der Waals surface area contributed by atoms with Crippen LogP contribution in [0, 0.1) is 0 Å². The summed E-state index contributed by atoms with van der Waals surface area (Å²) in [6.07, 6.45) is 0.684. The third-order valence-corrected chi connectivity index (χ3v) is 5.92. The number of nitrogens with two attached hydrogens (primary N) is 1. The van der Waals surface area contributed by atoms with Crippen LogP contribution in [-0.2, 0) is 11.2 Å². The lowest BCUT2D eigenvalue weighted by Gasteiger charge is -2.09. The zero-order valence-electron chi connectivity index (χ0n) is 13.2. The van der Waals surface area contributed by atoms with E-state index in [2.05, 4.69) is 20.5 Å². The van der Waals surface area contributed by atoms with Gasteiger partial charge in [0.2, 0.25) is 11.1 Å². The molecule has 0 radical (unpaired) electrons. The first-order chi connectivity index (χ1) is 12.0. The Balaban J connectivity index is 1.59. The second-order valence-electron chi connectivity index (χ2n) is 5.10. The largest absolute Gasteiger partial charge is 0.366 e. The van der Waals surface area contributed by atoms with Crippen molar-refractivity contribution in [3.8, 4) is 0 Å². The van der Waals surface area contributed by atoms with Crippen molar-refractivity contribution in [1.82, 2.24) is 15.2 Å². The van der Waals surface area contributed by atoms with Crippen molar-refractivity contribution >= 4 is 51.3 Å². The van der Waals surface area contributed by atoms with Crippen LogP contribution in [0.25, 0.3) is 0 Å². The molecule has 25 heavy (non-hydrogen) atoms. The first-order valence-corrected chi connectivity index (χ1v) is 9.95. The quantitative estimate of drug-likeness (QED) is 0.534. The van der Waals surface area contributed by atoms with Crippen LogP contribution < -0.4 is 11.1 Å². The average Bonchev–Trinajstić information content (AvgIpc) is 3.30. The summed E-state index contributed by atoms with van der Waals surface area (Å²) in [4.78, 5) is 29.2. The normalized spacial score (nSPS) is 12.0. The molecule has 3 heterocycles. The first-order valence-electron chi connectivity index (χ1n) is 7.31. The number of carbonyl (C=O) groups excluding carboxylic acids is 2. The Morgan fingerprint density at radius 2 is 2.20 bits per heavy atom. The highest BCUT2D eigenvalue weighted by atomic mass is 32.2. The fourth-order valence-electron chi connectivity index (χ4n) is 2.01. The van der Waals surface area contributed by atoms with E-state index in [1.165, 1.54) is 28.0 Å². The number of aromatic amines is 1. The number of anilines is 1. The first kappa shape index (κ1) is 17.6. The summed E-state index contributed by atoms with van der Waals surface area (Å²) in [6, 6.07) is 5.61. The lowest BCUT2D eigenvalue weighted by atomic mass is 10.3. The number of nitrogens with one attached hydrogen (secondary N) is 2. The van der Waals surface area contributed by atoms with Crippen LogP contribution in [0.15, 0.2) is 34.1 Å². The van der Waals surface area contributed by atoms with Gasteiger partial charge in [-0.25, -0.2) is 4.98 Å². The molecule has 2 amide bonds. The minimum Gasteiger partial charge on any atom is -0.366 e. The summed E-state index contributed by atoms with van der Waals surface area (Å²) in [5.41, 5.74) is 5.59. The fraction of sp³-hybridized carbons (Fsp3) is 0.200. The molecule has 0 spiro atoms. The highest BCUT2D eigenvalue weighted by Gasteiger charge is 2.20. The van der Waals surface area contributed by atoms with Gasteiger partial charge in [0.15, 0.2) is 0 Å². The molecule has 10 heteroatoms. The molecule has 1 unspecified atom stereocenters. The third-order valence-electron chi connectivity index (χ3n) is 3.25. The monoisotopic (exact) mass is 393 g/mol. The van der Waals surface area contributed by atoms with Crippen LogP contribution in [-0.4, -0.2) is 32.2 Å². The average molecular weight is 394 g/mol. The van der Waals surface area contributed by atoms with Gasteiger partial charge in [0.1, 0.15) is 10.8 Å². The molecule has 0 saturated carbocycles. The summed E-state index contributed by atoms with van der Waals surface area (Å²) in [5.74, 6) is -0.0459. The minimum atomic E-state index is -0.566. The molecule has 0 bridgehead atoms. The Morgan fingerprint density at radius 3 is 2.92 bits per heavy atom. The van der Waals surface area contributed by atoms with E-state index in [0.29, 0.717) is 22.1 Å². The molecule has 3 rings (SSSR count). The molecule has 0 fully saturated rings. The molecule has 0 aliphatic carbocycles. The van der Waals surface area contributed by atoms with Crippen LogP contribution in [0.5, 0.6) is 0 Å². The predicted molar refractivity (Wildman–Crippen MR) is 100 cm³/mol. The van der Waals surface area contributed by atoms with Crippen molar-refractivity contribution in [2.24, 2.45) is 5.73 Å². The standard InChI is InChI=1S/C15H15N5O2S3/c1-8(13(22)18-14-10(12(16)21)4-6-24-14)25-15-17-11(19-20-15)7-9-3-2-5-23-9/h2-6,8H,7H2,1H3,(H2,16,21)(H,18,22)(H,17,19,20). The molecule has 0 aliphatic heterocycles. The predicted octanol–water partition coefficient (Wildman–Crippen LogP) is 2.74. The number of aromatic nitrogens is 3. The number of hydrogen-bond donors (Lipinski definition) is 3. The number of thioether (sulfide) groups is 1. The van der Waals surface area contributed by atoms with Gasteiger partial charge in [0.05, 0.1) is 10.8 Å². The van der Waals surface area contributed by atoms with Gasteiger partial charge in [0, 0.05) is 11.3 Å². The van der Waals surface area contributed by atoms with Crippen molar-refractivity contribution in [1.29, 1.82) is 0 Å². The van der Waals surface area contributed by atoms with Crippen molar-refractivity contribution in [3.05, 3.63) is 45.2 Å². The van der Waals surface area contributed by atoms with Gasteiger partial charge in [0.25, 0.3) is 5.91 Å². The number of H-pyrrole nitrogens is 1. The Morgan fingerprint density at radius 1 is 1.36 bits per heavy atom. The van der Waals surface area contributed by atoms with E-state index in [1.54, 1.807) is 29.7 Å². The second-order valence-corrected chi connectivity index (χ2v) is 8.35. The van der Waals surface area contributed by atoms with E-state index in [9.17, 15) is 9.59 Å². The number of thiophene rings is 2. The third kappa shape index (κ3) is 4.47. The molecular weight excluding hydrogens is 378 g/mol. The summed E-state index contributed by atoms with van der Waals surface area (Å²) < 4.78 is 0. The molecule has 3 aromatic heterocycles. The Kier molecular flexibility index (Phi) is 5.51. The molecular formula is C15H15N5O2S3. The van der Waals surface area contributed by atoms with E-state index in [0.717, 1.165) is 5.82 Å². The van der Waals surface area contributed by atoms with Gasteiger partial charge < -0.3 is 11.1 Å². The molecule has 0 aromatic carbocycles. The van der Waals surface area contributed by atoms with Crippen LogP contribution in [0.2, 0.25) is 0 Å². The number of primary amides is 1. The van der Waals surface area contributed by atoms with E-state index >= 15 is 0 Å². The van der Waals surface area contributed by atoms with Gasteiger partial charge in [-0.1, -0.05) is 17.8 Å². The van der Waals surface area contributed by atoms with Crippen molar-refractivity contribution in [2.45, 2.75) is 23.8 Å². The molecule has 3 aromatic rings. The van der Waals surface area contributed by atoms with Crippen molar-refractivity contribution in [2.75, 3.05) is 5.32 Å². The zero-order valence-corrected chi connectivity index (χ0v) is 15.6. The number of carbonyl (C=O) groups is 2. The summed E-state index contributed by atoms with van der Waals surface area (Å²) in [7, 11) is 0. The Bertz CT molecular complexity index is 872. The molecule has 7 nitrogen and oxygen atoms in total. The SMILES string of the molecule is CC(Sc1n[nH]c(Cc2cccs2)n1)C(=O)Nc1sccc1C(N)=O. The van der Waals surface area contributed by atoms with Gasteiger partial charge in [-0.3, -0.25) is 14.7 Å². The van der Waals surface area contributed by atoms with Gasteiger partial charge in [-0.2, -0.15) is 0 Å². The van der Waals surface area contributed by atoms with E-state index < -0.39 is 11.2 Å². The molecule has 1 atom stereocenters. The highest BCUT2D eigenvalue weighted by Crippen LogP contribution is 2.26. The lowest BCUT2D eigenvalue weighted by Crippen LogP contribution is -2.23. The van der Waals surface area contributed by atoms with Crippen LogP contribution in [0.4, 0.5) is 5.00 Å². The maximum Gasteiger partial charge on any atom is 0.251 e. The van der Waals surface area contributed by atoms with E-state index in [-0.39, 0.29) is 5.91 Å². The summed E-state index contributed by atoms with van der Waals surface area (Å²) in [6.45, 7) is 1.76. The fourth-order valence-corrected chi connectivity index (χ4v) is 4.26.